The third-order valence-corrected chi connectivity index (χ3v) is 1.85. The SMILES string of the molecule is Fc1cc(-c2ncon2)ccc1Cl. The van der Waals surface area contributed by atoms with E-state index in [1.807, 2.05) is 0 Å². The zero-order valence-corrected chi connectivity index (χ0v) is 7.12. The fourth-order valence-electron chi connectivity index (χ4n) is 0.933. The van der Waals surface area contributed by atoms with E-state index in [0.717, 1.165) is 0 Å². The Kier molecular flexibility index (Phi) is 1.98. The molecule has 0 amide bonds. The number of benzene rings is 1. The Morgan fingerprint density at radius 2 is 2.23 bits per heavy atom. The predicted molar refractivity (Wildman–Crippen MR) is 44.7 cm³/mol. The Labute approximate surface area is 78.1 Å². The Balaban J connectivity index is 2.49. The molecule has 3 nitrogen and oxygen atoms in total. The molecule has 0 saturated carbocycles. The molecule has 0 N–H and O–H groups in total. The molecule has 0 bridgehead atoms. The van der Waals surface area contributed by atoms with Crippen molar-refractivity contribution in [3.63, 3.8) is 0 Å². The van der Waals surface area contributed by atoms with Crippen molar-refractivity contribution >= 4 is 11.6 Å². The second-order valence-corrected chi connectivity index (χ2v) is 2.79. The molecule has 0 spiro atoms. The van der Waals surface area contributed by atoms with Gasteiger partial charge in [-0.3, -0.25) is 0 Å². The number of hydrogen-bond donors (Lipinski definition) is 0. The van der Waals surface area contributed by atoms with Gasteiger partial charge in [0.05, 0.1) is 5.02 Å². The summed E-state index contributed by atoms with van der Waals surface area (Å²) in [6.07, 6.45) is 1.18. The number of hydrogen-bond acceptors (Lipinski definition) is 3. The highest BCUT2D eigenvalue weighted by atomic mass is 35.5. The van der Waals surface area contributed by atoms with Gasteiger partial charge in [-0.25, -0.2) is 4.39 Å². The summed E-state index contributed by atoms with van der Waals surface area (Å²) in [5.74, 6) is -0.153. The van der Waals surface area contributed by atoms with Crippen LogP contribution in [0.4, 0.5) is 4.39 Å². The number of rotatable bonds is 1. The molecule has 5 heteroatoms. The van der Waals surface area contributed by atoms with Crippen LogP contribution >= 0.6 is 11.6 Å². The van der Waals surface area contributed by atoms with Crippen LogP contribution in [-0.4, -0.2) is 10.1 Å². The summed E-state index contributed by atoms with van der Waals surface area (Å²) in [7, 11) is 0. The average Bonchev–Trinajstić information content (AvgIpc) is 2.62. The molecule has 0 aliphatic heterocycles. The van der Waals surface area contributed by atoms with E-state index >= 15 is 0 Å². The highest BCUT2D eigenvalue weighted by molar-refractivity contribution is 6.30. The van der Waals surface area contributed by atoms with Gasteiger partial charge < -0.3 is 4.52 Å². The molecule has 0 aliphatic rings. The fraction of sp³-hybridized carbons (Fsp3) is 0. The molecular formula is C8H4ClFN2O. The van der Waals surface area contributed by atoms with Crippen molar-refractivity contribution in [3.8, 4) is 11.4 Å². The van der Waals surface area contributed by atoms with Crippen LogP contribution in [0.25, 0.3) is 11.4 Å². The minimum absolute atomic E-state index is 0.0762. The van der Waals surface area contributed by atoms with Crippen LogP contribution in [0.3, 0.4) is 0 Å². The van der Waals surface area contributed by atoms with Crippen LogP contribution in [0, 0.1) is 5.82 Å². The Morgan fingerprint density at radius 3 is 2.85 bits per heavy atom. The van der Waals surface area contributed by atoms with E-state index in [9.17, 15) is 4.39 Å². The van der Waals surface area contributed by atoms with Gasteiger partial charge in [0.1, 0.15) is 5.82 Å². The van der Waals surface area contributed by atoms with Gasteiger partial charge in [0.15, 0.2) is 0 Å². The van der Waals surface area contributed by atoms with Crippen molar-refractivity contribution in [2.45, 2.75) is 0 Å². The van der Waals surface area contributed by atoms with Gasteiger partial charge in [-0.2, -0.15) is 4.98 Å². The summed E-state index contributed by atoms with van der Waals surface area (Å²) in [5.41, 5.74) is 0.538. The second kappa shape index (κ2) is 3.14. The topological polar surface area (TPSA) is 38.9 Å². The lowest BCUT2D eigenvalue weighted by molar-refractivity contribution is 0.418. The summed E-state index contributed by atoms with van der Waals surface area (Å²) >= 11 is 5.50. The molecule has 2 aromatic rings. The fourth-order valence-corrected chi connectivity index (χ4v) is 1.05. The molecule has 0 radical (unpaired) electrons. The van der Waals surface area contributed by atoms with Crippen molar-refractivity contribution in [2.24, 2.45) is 0 Å². The van der Waals surface area contributed by atoms with Gasteiger partial charge in [-0.1, -0.05) is 16.8 Å². The molecule has 66 valence electrons. The van der Waals surface area contributed by atoms with Crippen LogP contribution in [-0.2, 0) is 0 Å². The third kappa shape index (κ3) is 1.53. The average molecular weight is 199 g/mol. The van der Waals surface area contributed by atoms with Gasteiger partial charge in [0, 0.05) is 5.56 Å². The Bertz CT molecular complexity index is 416. The highest BCUT2D eigenvalue weighted by Crippen LogP contribution is 2.21. The zero-order chi connectivity index (χ0) is 9.26. The summed E-state index contributed by atoms with van der Waals surface area (Å²) in [6.45, 7) is 0. The van der Waals surface area contributed by atoms with Crippen molar-refractivity contribution in [1.29, 1.82) is 0 Å². The first-order chi connectivity index (χ1) is 6.27. The first kappa shape index (κ1) is 8.19. The monoisotopic (exact) mass is 198 g/mol. The lowest BCUT2D eigenvalue weighted by atomic mass is 10.2. The maximum atomic E-state index is 13.0. The molecule has 1 aromatic heterocycles. The van der Waals surface area contributed by atoms with E-state index in [2.05, 4.69) is 14.7 Å². The van der Waals surface area contributed by atoms with Gasteiger partial charge in [0.2, 0.25) is 12.2 Å². The first-order valence-corrected chi connectivity index (χ1v) is 3.87. The van der Waals surface area contributed by atoms with Gasteiger partial charge in [-0.05, 0) is 18.2 Å². The molecule has 13 heavy (non-hydrogen) atoms. The summed E-state index contributed by atoms with van der Waals surface area (Å²) in [6, 6.07) is 4.33. The van der Waals surface area contributed by atoms with E-state index < -0.39 is 5.82 Å². The molecule has 1 heterocycles. The lowest BCUT2D eigenvalue weighted by Gasteiger charge is -1.95. The third-order valence-electron chi connectivity index (χ3n) is 1.54. The van der Waals surface area contributed by atoms with Crippen LogP contribution in [0.1, 0.15) is 0 Å². The van der Waals surface area contributed by atoms with Crippen LogP contribution < -0.4 is 0 Å². The number of aromatic nitrogens is 2. The van der Waals surface area contributed by atoms with E-state index in [4.69, 9.17) is 11.6 Å². The standard InChI is InChI=1S/C8H4ClFN2O/c9-6-2-1-5(3-7(6)10)8-11-4-13-12-8/h1-4H. The number of nitrogens with zero attached hydrogens (tertiary/aromatic N) is 2. The van der Waals surface area contributed by atoms with Crippen molar-refractivity contribution in [2.75, 3.05) is 0 Å². The van der Waals surface area contributed by atoms with Crippen molar-refractivity contribution in [3.05, 3.63) is 35.4 Å². The quantitative estimate of drug-likeness (QED) is 0.707. The van der Waals surface area contributed by atoms with Gasteiger partial charge in [0.25, 0.3) is 0 Å². The molecule has 2 rings (SSSR count). The summed E-state index contributed by atoms with van der Waals surface area (Å²) in [5, 5.41) is 3.64. The van der Waals surface area contributed by atoms with Crippen LogP contribution in [0.5, 0.6) is 0 Å². The highest BCUT2D eigenvalue weighted by Gasteiger charge is 2.06. The Hall–Kier alpha value is -1.42. The smallest absolute Gasteiger partial charge is 0.214 e. The molecule has 1 aromatic carbocycles. The van der Waals surface area contributed by atoms with E-state index in [1.54, 1.807) is 6.07 Å². The zero-order valence-electron chi connectivity index (χ0n) is 6.37. The molecule has 0 fully saturated rings. The summed E-state index contributed by atoms with van der Waals surface area (Å²) < 4.78 is 17.5. The molecule has 0 unspecified atom stereocenters. The minimum Gasteiger partial charge on any atom is -0.342 e. The molecule has 0 saturated heterocycles. The predicted octanol–water partition coefficient (Wildman–Crippen LogP) is 2.53. The van der Waals surface area contributed by atoms with Crippen molar-refractivity contribution in [1.82, 2.24) is 10.1 Å². The van der Waals surface area contributed by atoms with Gasteiger partial charge >= 0.3 is 0 Å². The second-order valence-electron chi connectivity index (χ2n) is 2.38. The van der Waals surface area contributed by atoms with E-state index in [0.29, 0.717) is 11.4 Å². The molecule has 0 atom stereocenters. The van der Waals surface area contributed by atoms with Crippen LogP contribution in [0.2, 0.25) is 5.02 Å². The van der Waals surface area contributed by atoms with Crippen LogP contribution in [0.15, 0.2) is 29.1 Å². The lowest BCUT2D eigenvalue weighted by Crippen LogP contribution is -1.83. The first-order valence-electron chi connectivity index (χ1n) is 3.49. The molecule has 0 aliphatic carbocycles. The normalized spacial score (nSPS) is 10.3. The Morgan fingerprint density at radius 1 is 1.38 bits per heavy atom. The maximum Gasteiger partial charge on any atom is 0.214 e. The molecular weight excluding hydrogens is 195 g/mol. The van der Waals surface area contributed by atoms with E-state index in [-0.39, 0.29) is 5.02 Å². The summed E-state index contributed by atoms with van der Waals surface area (Å²) in [4.78, 5) is 3.77. The van der Waals surface area contributed by atoms with Crippen molar-refractivity contribution < 1.29 is 8.91 Å². The number of halogens is 2. The van der Waals surface area contributed by atoms with E-state index in [1.165, 1.54) is 18.5 Å². The minimum atomic E-state index is -0.496. The largest absolute Gasteiger partial charge is 0.342 e. The van der Waals surface area contributed by atoms with Gasteiger partial charge in [-0.15, -0.1) is 0 Å². The maximum absolute atomic E-state index is 13.0.